The number of halogens is 1. The summed E-state index contributed by atoms with van der Waals surface area (Å²) in [7, 11) is 0. The number of nitrogens with two attached hydrogens (primary N) is 1. The van der Waals surface area contributed by atoms with E-state index in [-0.39, 0.29) is 35.3 Å². The molecule has 1 aliphatic heterocycles. The Morgan fingerprint density at radius 3 is 2.95 bits per heavy atom. The Morgan fingerprint density at radius 1 is 1.64 bits per heavy atom. The molecule has 7 heteroatoms. The number of rotatable bonds is 4. The molecule has 114 valence electrons. The number of aromatic nitrogens is 1. The molecule has 2 rings (SSSR count). The average Bonchev–Trinajstić information content (AvgIpc) is 2.54. The molecular formula is C15H14ClN3O3. The van der Waals surface area contributed by atoms with Crippen LogP contribution in [0.1, 0.15) is 18.4 Å². The molecule has 0 saturated carbocycles. The number of nitrogens with zero attached hydrogens (tertiary/aromatic N) is 2. The fourth-order valence-corrected chi connectivity index (χ4v) is 2.42. The van der Waals surface area contributed by atoms with Gasteiger partial charge in [0.05, 0.1) is 30.0 Å². The molecule has 1 aliphatic rings. The Hall–Kier alpha value is -2.52. The topological polar surface area (TPSA) is 98.2 Å². The van der Waals surface area contributed by atoms with Gasteiger partial charge in [0.1, 0.15) is 11.3 Å². The predicted molar refractivity (Wildman–Crippen MR) is 79.3 cm³/mol. The smallest absolute Gasteiger partial charge is 0.340 e. The van der Waals surface area contributed by atoms with Crippen LogP contribution in [0.5, 0.6) is 0 Å². The van der Waals surface area contributed by atoms with Crippen LogP contribution >= 0.6 is 11.6 Å². The van der Waals surface area contributed by atoms with E-state index in [1.807, 2.05) is 6.07 Å². The van der Waals surface area contributed by atoms with Crippen molar-refractivity contribution in [3.8, 4) is 6.07 Å². The maximum Gasteiger partial charge on any atom is 0.340 e. The number of nitriles is 1. The number of carbonyl (C=O) groups is 1. The fraction of sp³-hybridized carbons (Fsp3) is 0.267. The summed E-state index contributed by atoms with van der Waals surface area (Å²) in [5.41, 5.74) is 6.80. The zero-order chi connectivity index (χ0) is 16.1. The molecule has 2 heterocycles. The van der Waals surface area contributed by atoms with Crippen LogP contribution in [0.3, 0.4) is 0 Å². The first kappa shape index (κ1) is 15.9. The van der Waals surface area contributed by atoms with Crippen molar-refractivity contribution >= 4 is 17.6 Å². The summed E-state index contributed by atoms with van der Waals surface area (Å²) in [5, 5.41) is 9.46. The third-order valence-corrected chi connectivity index (χ3v) is 3.37. The highest BCUT2D eigenvalue weighted by Gasteiger charge is 2.37. The minimum absolute atomic E-state index is 0.0313. The van der Waals surface area contributed by atoms with Gasteiger partial charge in [0.25, 0.3) is 0 Å². The summed E-state index contributed by atoms with van der Waals surface area (Å²) >= 11 is 5.82. The van der Waals surface area contributed by atoms with E-state index in [2.05, 4.69) is 4.98 Å². The summed E-state index contributed by atoms with van der Waals surface area (Å²) in [5.74, 6) is -1.25. The van der Waals surface area contributed by atoms with E-state index < -0.39 is 11.9 Å². The lowest BCUT2D eigenvalue weighted by Crippen LogP contribution is -2.27. The number of esters is 1. The van der Waals surface area contributed by atoms with Gasteiger partial charge in [0, 0.05) is 12.4 Å². The summed E-state index contributed by atoms with van der Waals surface area (Å²) in [6.07, 6.45) is 3.16. The average molecular weight is 320 g/mol. The van der Waals surface area contributed by atoms with Crippen LogP contribution in [-0.4, -0.2) is 23.4 Å². The standard InChI is InChI=1S/C15H14ClN3O3/c1-2-21-15(20)13-12(9-4-3-5-19-8-9)10(7-17)11(6-16)22-14(13)18/h3-5,8,12H,2,6,18H2,1H3. The van der Waals surface area contributed by atoms with Gasteiger partial charge < -0.3 is 15.2 Å². The van der Waals surface area contributed by atoms with Gasteiger partial charge in [0.15, 0.2) is 0 Å². The molecule has 1 aromatic rings. The third kappa shape index (κ3) is 2.90. The monoisotopic (exact) mass is 319 g/mol. The zero-order valence-corrected chi connectivity index (χ0v) is 12.6. The molecule has 0 amide bonds. The number of ether oxygens (including phenoxy) is 2. The Labute approximate surface area is 132 Å². The lowest BCUT2D eigenvalue weighted by molar-refractivity contribution is -0.139. The van der Waals surface area contributed by atoms with Crippen LogP contribution in [-0.2, 0) is 14.3 Å². The predicted octanol–water partition coefficient (Wildman–Crippen LogP) is 1.95. The molecular weight excluding hydrogens is 306 g/mol. The van der Waals surface area contributed by atoms with Crippen molar-refractivity contribution in [1.82, 2.24) is 4.98 Å². The number of allylic oxidation sites excluding steroid dienone is 2. The molecule has 0 fully saturated rings. The Morgan fingerprint density at radius 2 is 2.41 bits per heavy atom. The second-order valence-corrected chi connectivity index (χ2v) is 4.67. The summed E-state index contributed by atoms with van der Waals surface area (Å²) in [6.45, 7) is 1.87. The number of hydrogen-bond acceptors (Lipinski definition) is 6. The Bertz CT molecular complexity index is 677. The molecule has 1 atom stereocenters. The van der Waals surface area contributed by atoms with E-state index in [4.69, 9.17) is 26.8 Å². The van der Waals surface area contributed by atoms with E-state index >= 15 is 0 Å². The van der Waals surface area contributed by atoms with Crippen molar-refractivity contribution in [3.63, 3.8) is 0 Å². The second kappa shape index (κ2) is 6.96. The van der Waals surface area contributed by atoms with Crippen LogP contribution in [0, 0.1) is 11.3 Å². The minimum Gasteiger partial charge on any atom is -0.462 e. The lowest BCUT2D eigenvalue weighted by atomic mass is 9.84. The van der Waals surface area contributed by atoms with Crippen molar-refractivity contribution in [2.24, 2.45) is 5.73 Å². The van der Waals surface area contributed by atoms with E-state index in [0.29, 0.717) is 5.56 Å². The minimum atomic E-state index is -0.708. The highest BCUT2D eigenvalue weighted by molar-refractivity contribution is 6.19. The van der Waals surface area contributed by atoms with Gasteiger partial charge in [-0.15, -0.1) is 11.6 Å². The summed E-state index contributed by atoms with van der Waals surface area (Å²) < 4.78 is 10.4. The first-order valence-corrected chi connectivity index (χ1v) is 7.11. The van der Waals surface area contributed by atoms with Crippen molar-refractivity contribution < 1.29 is 14.3 Å². The molecule has 0 aliphatic carbocycles. The second-order valence-electron chi connectivity index (χ2n) is 4.40. The molecule has 1 unspecified atom stereocenters. The number of carbonyl (C=O) groups excluding carboxylic acids is 1. The maximum absolute atomic E-state index is 12.2. The fourth-order valence-electron chi connectivity index (χ4n) is 2.22. The molecule has 1 aromatic heterocycles. The molecule has 2 N–H and O–H groups in total. The quantitative estimate of drug-likeness (QED) is 0.672. The maximum atomic E-state index is 12.2. The highest BCUT2D eigenvalue weighted by atomic mass is 35.5. The van der Waals surface area contributed by atoms with Gasteiger partial charge in [-0.2, -0.15) is 5.26 Å². The zero-order valence-electron chi connectivity index (χ0n) is 11.9. The largest absolute Gasteiger partial charge is 0.462 e. The molecule has 0 bridgehead atoms. The van der Waals surface area contributed by atoms with Crippen LogP contribution < -0.4 is 5.73 Å². The van der Waals surface area contributed by atoms with E-state index in [9.17, 15) is 10.1 Å². The normalized spacial score (nSPS) is 17.8. The Kier molecular flexibility index (Phi) is 5.02. The summed E-state index contributed by atoms with van der Waals surface area (Å²) in [4.78, 5) is 16.2. The lowest BCUT2D eigenvalue weighted by Gasteiger charge is -2.27. The van der Waals surface area contributed by atoms with Crippen molar-refractivity contribution in [2.45, 2.75) is 12.8 Å². The molecule has 0 aromatic carbocycles. The van der Waals surface area contributed by atoms with Gasteiger partial charge in [-0.05, 0) is 18.6 Å². The van der Waals surface area contributed by atoms with Crippen LogP contribution in [0.25, 0.3) is 0 Å². The van der Waals surface area contributed by atoms with Crippen molar-refractivity contribution in [2.75, 3.05) is 12.5 Å². The molecule has 6 nitrogen and oxygen atoms in total. The van der Waals surface area contributed by atoms with Gasteiger partial charge >= 0.3 is 5.97 Å². The van der Waals surface area contributed by atoms with Crippen molar-refractivity contribution in [3.05, 3.63) is 52.9 Å². The van der Waals surface area contributed by atoms with E-state index in [1.165, 1.54) is 0 Å². The third-order valence-electron chi connectivity index (χ3n) is 3.13. The van der Waals surface area contributed by atoms with Gasteiger partial charge in [0.2, 0.25) is 5.88 Å². The molecule has 0 saturated heterocycles. The summed E-state index contributed by atoms with van der Waals surface area (Å²) in [6, 6.07) is 5.50. The van der Waals surface area contributed by atoms with E-state index in [1.54, 1.807) is 31.5 Å². The van der Waals surface area contributed by atoms with Crippen LogP contribution in [0.4, 0.5) is 0 Å². The first-order valence-electron chi connectivity index (χ1n) is 6.57. The highest BCUT2D eigenvalue weighted by Crippen LogP contribution is 2.39. The van der Waals surface area contributed by atoms with Gasteiger partial charge in [-0.3, -0.25) is 4.98 Å². The molecule has 22 heavy (non-hydrogen) atoms. The van der Waals surface area contributed by atoms with Gasteiger partial charge in [-0.1, -0.05) is 6.07 Å². The molecule has 0 spiro atoms. The Balaban J connectivity index is 2.61. The first-order chi connectivity index (χ1) is 10.6. The number of pyridine rings is 1. The molecule has 0 radical (unpaired) electrons. The van der Waals surface area contributed by atoms with Gasteiger partial charge in [-0.25, -0.2) is 4.79 Å². The van der Waals surface area contributed by atoms with Crippen LogP contribution in [0.2, 0.25) is 0 Å². The SMILES string of the molecule is CCOC(=O)C1=C(N)OC(CCl)=C(C#N)C1c1cccnc1. The number of hydrogen-bond donors (Lipinski definition) is 1. The van der Waals surface area contributed by atoms with Crippen molar-refractivity contribution in [1.29, 1.82) is 5.26 Å². The van der Waals surface area contributed by atoms with Crippen LogP contribution in [0.15, 0.2) is 47.3 Å². The number of alkyl halides is 1. The van der Waals surface area contributed by atoms with E-state index in [0.717, 1.165) is 0 Å².